The molecule has 0 fully saturated rings. The first-order valence-corrected chi connectivity index (χ1v) is 7.97. The molecule has 0 unspecified atom stereocenters. The molecule has 24 heavy (non-hydrogen) atoms. The van der Waals surface area contributed by atoms with Crippen LogP contribution in [0.4, 0.5) is 5.69 Å². The average Bonchev–Trinajstić information content (AvgIpc) is 3.03. The molecule has 2 aromatic carbocycles. The molecule has 0 aliphatic heterocycles. The Morgan fingerprint density at radius 3 is 2.67 bits per heavy atom. The Morgan fingerprint density at radius 2 is 1.92 bits per heavy atom. The van der Waals surface area contributed by atoms with Crippen LogP contribution < -0.4 is 11.0 Å². The quantitative estimate of drug-likeness (QED) is 0.623. The molecule has 0 spiro atoms. The first-order chi connectivity index (χ1) is 11.7. The second kappa shape index (κ2) is 5.65. The van der Waals surface area contributed by atoms with Gasteiger partial charge in [-0.1, -0.05) is 36.7 Å². The van der Waals surface area contributed by atoms with E-state index in [2.05, 4.69) is 15.6 Å². The number of hydrogen-bond donors (Lipinski definition) is 1. The first-order valence-electron chi connectivity index (χ1n) is 7.59. The predicted octanol–water partition coefficient (Wildman–Crippen LogP) is 3.14. The number of aryl methyl sites for hydroxylation is 1. The Hall–Kier alpha value is -2.86. The molecule has 0 atom stereocenters. The van der Waals surface area contributed by atoms with Crippen molar-refractivity contribution >= 4 is 34.0 Å². The molecule has 2 aromatic heterocycles. The number of nitrogens with one attached hydrogen (secondary N) is 1. The lowest BCUT2D eigenvalue weighted by atomic mass is 10.2. The van der Waals surface area contributed by atoms with Crippen LogP contribution in [-0.4, -0.2) is 19.3 Å². The van der Waals surface area contributed by atoms with Crippen LogP contribution in [0.25, 0.3) is 16.7 Å². The molecule has 1 N–H and O–H groups in total. The van der Waals surface area contributed by atoms with Crippen LogP contribution >= 0.6 is 11.6 Å². The molecule has 4 rings (SSSR count). The summed E-state index contributed by atoms with van der Waals surface area (Å²) in [6.45, 7) is 2.00. The van der Waals surface area contributed by atoms with Gasteiger partial charge in [-0.3, -0.25) is 14.6 Å². The van der Waals surface area contributed by atoms with Crippen molar-refractivity contribution in [3.63, 3.8) is 0 Å². The molecule has 0 amide bonds. The van der Waals surface area contributed by atoms with Gasteiger partial charge in [0.1, 0.15) is 5.82 Å². The highest BCUT2D eigenvalue weighted by Crippen LogP contribution is 2.19. The van der Waals surface area contributed by atoms with Crippen molar-refractivity contribution in [1.29, 1.82) is 0 Å². The molecule has 6 nitrogen and oxygen atoms in total. The molecule has 120 valence electrons. The van der Waals surface area contributed by atoms with Gasteiger partial charge in [0.05, 0.1) is 16.6 Å². The van der Waals surface area contributed by atoms with Gasteiger partial charge in [-0.25, -0.2) is 0 Å². The number of fused-ring (bicyclic) bond motifs is 3. The van der Waals surface area contributed by atoms with Crippen molar-refractivity contribution in [1.82, 2.24) is 19.3 Å². The van der Waals surface area contributed by atoms with E-state index in [1.165, 1.54) is 4.68 Å². The summed E-state index contributed by atoms with van der Waals surface area (Å²) < 4.78 is 3.28. The SMILES string of the molecule is CCc1nnc2n(Nc3ccccc3)c(=O)c3cc(Cl)ccc3n12. The summed E-state index contributed by atoms with van der Waals surface area (Å²) in [6.07, 6.45) is 0.697. The zero-order valence-corrected chi connectivity index (χ0v) is 13.7. The van der Waals surface area contributed by atoms with Crippen molar-refractivity contribution in [2.24, 2.45) is 0 Å². The van der Waals surface area contributed by atoms with Gasteiger partial charge >= 0.3 is 0 Å². The van der Waals surface area contributed by atoms with Crippen LogP contribution in [0.1, 0.15) is 12.7 Å². The van der Waals surface area contributed by atoms with E-state index in [1.807, 2.05) is 47.7 Å². The van der Waals surface area contributed by atoms with E-state index in [-0.39, 0.29) is 5.56 Å². The molecular formula is C17H14ClN5O. The van der Waals surface area contributed by atoms with Gasteiger partial charge in [0.2, 0.25) is 0 Å². The van der Waals surface area contributed by atoms with Crippen molar-refractivity contribution < 1.29 is 0 Å². The number of hydrogen-bond acceptors (Lipinski definition) is 4. The molecule has 0 saturated carbocycles. The maximum absolute atomic E-state index is 13.0. The second-order valence-corrected chi connectivity index (χ2v) is 5.82. The summed E-state index contributed by atoms with van der Waals surface area (Å²) in [5.74, 6) is 1.22. The van der Waals surface area contributed by atoms with Gasteiger partial charge in [-0.15, -0.1) is 10.2 Å². The zero-order valence-electron chi connectivity index (χ0n) is 12.9. The number of rotatable bonds is 3. The van der Waals surface area contributed by atoms with Gasteiger partial charge in [-0.05, 0) is 30.3 Å². The van der Waals surface area contributed by atoms with Crippen LogP contribution in [0.15, 0.2) is 53.3 Å². The third kappa shape index (κ3) is 2.23. The van der Waals surface area contributed by atoms with E-state index < -0.39 is 0 Å². The summed E-state index contributed by atoms with van der Waals surface area (Å²) in [4.78, 5) is 13.0. The third-order valence-electron chi connectivity index (χ3n) is 3.88. The highest BCUT2D eigenvalue weighted by atomic mass is 35.5. The fraction of sp³-hybridized carbons (Fsp3) is 0.118. The Morgan fingerprint density at radius 1 is 1.12 bits per heavy atom. The van der Waals surface area contributed by atoms with Crippen LogP contribution in [0.3, 0.4) is 0 Å². The topological polar surface area (TPSA) is 64.2 Å². The van der Waals surface area contributed by atoms with Crippen molar-refractivity contribution in [3.8, 4) is 0 Å². The fourth-order valence-electron chi connectivity index (χ4n) is 2.76. The minimum atomic E-state index is -0.223. The number of nitrogens with zero attached hydrogens (tertiary/aromatic N) is 4. The van der Waals surface area contributed by atoms with Crippen LogP contribution in [-0.2, 0) is 6.42 Å². The Kier molecular flexibility index (Phi) is 3.46. The van der Waals surface area contributed by atoms with Crippen molar-refractivity contribution in [3.05, 3.63) is 69.7 Å². The minimum Gasteiger partial charge on any atom is -0.288 e. The van der Waals surface area contributed by atoms with Crippen molar-refractivity contribution in [2.75, 3.05) is 5.43 Å². The molecule has 0 aliphatic rings. The lowest BCUT2D eigenvalue weighted by molar-refractivity contribution is 0.885. The van der Waals surface area contributed by atoms with Gasteiger partial charge in [-0.2, -0.15) is 4.68 Å². The highest BCUT2D eigenvalue weighted by molar-refractivity contribution is 6.31. The summed E-state index contributed by atoms with van der Waals surface area (Å²) in [5, 5.41) is 9.43. The van der Waals surface area contributed by atoms with E-state index in [0.29, 0.717) is 22.6 Å². The van der Waals surface area contributed by atoms with Crippen LogP contribution in [0.5, 0.6) is 0 Å². The molecule has 0 radical (unpaired) electrons. The average molecular weight is 340 g/mol. The predicted molar refractivity (Wildman–Crippen MR) is 94.6 cm³/mol. The number of halogens is 1. The monoisotopic (exact) mass is 339 g/mol. The second-order valence-electron chi connectivity index (χ2n) is 5.39. The highest BCUT2D eigenvalue weighted by Gasteiger charge is 2.16. The van der Waals surface area contributed by atoms with Gasteiger partial charge in [0.25, 0.3) is 11.3 Å². The van der Waals surface area contributed by atoms with Crippen LogP contribution in [0, 0.1) is 0 Å². The fourth-order valence-corrected chi connectivity index (χ4v) is 2.93. The first kappa shape index (κ1) is 14.7. The Bertz CT molecular complexity index is 1100. The summed E-state index contributed by atoms with van der Waals surface area (Å²) in [5.41, 5.74) is 4.40. The molecule has 0 saturated heterocycles. The van der Waals surface area contributed by atoms with Gasteiger partial charge in [0, 0.05) is 11.4 Å². The molecule has 0 aliphatic carbocycles. The standard InChI is InChI=1S/C17H14ClN5O/c1-2-15-19-20-17-22(15)14-9-8-11(18)10-13(14)16(24)23(17)21-12-6-4-3-5-7-12/h3-10,21H,2H2,1H3. The maximum Gasteiger partial charge on any atom is 0.281 e. The van der Waals surface area contributed by atoms with E-state index in [0.717, 1.165) is 17.0 Å². The number of anilines is 1. The largest absolute Gasteiger partial charge is 0.288 e. The third-order valence-corrected chi connectivity index (χ3v) is 4.11. The molecule has 4 aromatic rings. The summed E-state index contributed by atoms with van der Waals surface area (Å²) >= 11 is 6.09. The molecular weight excluding hydrogens is 326 g/mol. The molecule has 7 heteroatoms. The van der Waals surface area contributed by atoms with Gasteiger partial charge in [0.15, 0.2) is 0 Å². The van der Waals surface area contributed by atoms with Gasteiger partial charge < -0.3 is 0 Å². The Labute approximate surface area is 142 Å². The minimum absolute atomic E-state index is 0.223. The maximum atomic E-state index is 13.0. The summed E-state index contributed by atoms with van der Waals surface area (Å²) in [7, 11) is 0. The van der Waals surface area contributed by atoms with Crippen molar-refractivity contribution in [2.45, 2.75) is 13.3 Å². The number of para-hydroxylation sites is 1. The van der Waals surface area contributed by atoms with E-state index in [9.17, 15) is 4.79 Å². The normalized spacial score (nSPS) is 11.2. The Balaban J connectivity index is 2.09. The van der Waals surface area contributed by atoms with E-state index >= 15 is 0 Å². The molecule has 2 heterocycles. The lowest BCUT2D eigenvalue weighted by Gasteiger charge is -2.13. The number of aromatic nitrogens is 4. The number of benzene rings is 2. The van der Waals surface area contributed by atoms with E-state index in [1.54, 1.807) is 12.1 Å². The smallest absolute Gasteiger partial charge is 0.281 e. The van der Waals surface area contributed by atoms with Crippen LogP contribution in [0.2, 0.25) is 5.02 Å². The summed E-state index contributed by atoms with van der Waals surface area (Å²) in [6, 6.07) is 14.7. The molecule has 0 bridgehead atoms. The van der Waals surface area contributed by atoms with E-state index in [4.69, 9.17) is 11.6 Å². The lowest BCUT2D eigenvalue weighted by Crippen LogP contribution is -2.29. The zero-order chi connectivity index (χ0) is 16.7.